The Kier molecular flexibility index (Phi) is 14.2. The molecule has 1 fully saturated rings. The number of carbonyl (C=O) groups is 3. The molecule has 5 rings (SSSR count). The summed E-state index contributed by atoms with van der Waals surface area (Å²) in [5.74, 6) is 0.603. The van der Waals surface area contributed by atoms with Crippen molar-refractivity contribution in [2.24, 2.45) is 0 Å². The van der Waals surface area contributed by atoms with Crippen molar-refractivity contribution < 1.29 is 29.0 Å². The van der Waals surface area contributed by atoms with Gasteiger partial charge in [-0.2, -0.15) is 0 Å². The minimum atomic E-state index is -0.573. The van der Waals surface area contributed by atoms with Crippen molar-refractivity contribution in [3.8, 4) is 11.1 Å². The lowest BCUT2D eigenvalue weighted by Gasteiger charge is -2.36. The van der Waals surface area contributed by atoms with E-state index in [0.717, 1.165) is 69.0 Å². The van der Waals surface area contributed by atoms with Gasteiger partial charge in [0.05, 0.1) is 18.8 Å². The van der Waals surface area contributed by atoms with Crippen LogP contribution in [-0.4, -0.2) is 41.2 Å². The summed E-state index contributed by atoms with van der Waals surface area (Å²) in [5, 5.41) is 18.2. The van der Waals surface area contributed by atoms with Crippen LogP contribution in [0.4, 0.5) is 5.69 Å². The van der Waals surface area contributed by atoms with Crippen molar-refractivity contribution >= 4 is 35.2 Å². The number of aliphatic hydroxyl groups is 1. The van der Waals surface area contributed by atoms with Crippen LogP contribution in [0.1, 0.15) is 80.6 Å². The third-order valence-corrected chi connectivity index (χ3v) is 9.81. The van der Waals surface area contributed by atoms with Gasteiger partial charge in [0.25, 0.3) is 0 Å². The summed E-state index contributed by atoms with van der Waals surface area (Å²) in [6, 6.07) is 32.0. The fourth-order valence-corrected chi connectivity index (χ4v) is 6.88. The van der Waals surface area contributed by atoms with Gasteiger partial charge in [-0.05, 0) is 64.9 Å². The Labute approximate surface area is 304 Å². The number of benzene rings is 4. The van der Waals surface area contributed by atoms with Gasteiger partial charge in [-0.1, -0.05) is 79.2 Å². The maximum Gasteiger partial charge on any atom is 0.221 e. The minimum Gasteiger partial charge on any atom is -0.392 e. The Morgan fingerprint density at radius 2 is 1.51 bits per heavy atom. The summed E-state index contributed by atoms with van der Waals surface area (Å²) in [4.78, 5) is 36.0. The average Bonchev–Trinajstić information content (AvgIpc) is 3.15. The van der Waals surface area contributed by atoms with Gasteiger partial charge in [-0.15, -0.1) is 11.8 Å². The van der Waals surface area contributed by atoms with E-state index in [-0.39, 0.29) is 36.5 Å². The van der Waals surface area contributed by atoms with E-state index in [0.29, 0.717) is 25.9 Å². The van der Waals surface area contributed by atoms with Crippen LogP contribution in [0.5, 0.6) is 0 Å². The van der Waals surface area contributed by atoms with Crippen LogP contribution < -0.4 is 16.0 Å². The molecule has 0 unspecified atom stereocenters. The number of aliphatic hydroxyl groups excluding tert-OH is 1. The van der Waals surface area contributed by atoms with Gasteiger partial charge in [0.2, 0.25) is 17.7 Å². The van der Waals surface area contributed by atoms with Crippen molar-refractivity contribution in [1.29, 1.82) is 0 Å². The van der Waals surface area contributed by atoms with Gasteiger partial charge in [-0.3, -0.25) is 14.4 Å². The molecule has 4 aromatic rings. The maximum atomic E-state index is 12.6. The molecule has 0 radical (unpaired) electrons. The largest absolute Gasteiger partial charge is 0.392 e. The number of rotatable bonds is 16. The summed E-state index contributed by atoms with van der Waals surface area (Å²) in [6.45, 7) is 4.06. The van der Waals surface area contributed by atoms with E-state index < -0.39 is 6.29 Å². The third-order valence-electron chi connectivity index (χ3n) is 8.67. The van der Waals surface area contributed by atoms with Crippen LogP contribution in [0.15, 0.2) is 102 Å². The number of amides is 3. The molecule has 268 valence electrons. The number of carbonyl (C=O) groups excluding carboxylic acids is 3. The normalized spacial score (nSPS) is 17.0. The Morgan fingerprint density at radius 3 is 2.22 bits per heavy atom. The van der Waals surface area contributed by atoms with E-state index >= 15 is 0 Å². The van der Waals surface area contributed by atoms with Crippen LogP contribution in [-0.2, 0) is 37.0 Å². The lowest BCUT2D eigenvalue weighted by atomic mass is 9.97. The molecule has 4 aromatic carbocycles. The van der Waals surface area contributed by atoms with Crippen molar-refractivity contribution in [1.82, 2.24) is 10.6 Å². The molecule has 51 heavy (non-hydrogen) atoms. The molecule has 4 N–H and O–H groups in total. The number of hydrogen-bond donors (Lipinski definition) is 4. The van der Waals surface area contributed by atoms with Crippen LogP contribution >= 0.6 is 11.8 Å². The molecule has 9 nitrogen and oxygen atoms in total. The summed E-state index contributed by atoms with van der Waals surface area (Å²) in [6.07, 6.45) is 2.80. The van der Waals surface area contributed by atoms with Gasteiger partial charge in [-0.25, -0.2) is 0 Å². The molecule has 0 saturated carbocycles. The number of thioether (sulfide) groups is 1. The maximum absolute atomic E-state index is 12.6. The summed E-state index contributed by atoms with van der Waals surface area (Å²) >= 11 is 1.70. The minimum absolute atomic E-state index is 0.0124. The lowest BCUT2D eigenvalue weighted by molar-refractivity contribution is -0.245. The molecular weight excluding hydrogens is 663 g/mol. The standard InChI is InChI=1S/C41H47N3O6S/c1-28(46)42-23-7-3-4-10-40(48)43-25-34-8-5-6-9-38(34)31-15-17-33(18-16-31)41-49-36(24-39(50-41)32-13-11-30(26-45)12-14-32)27-51-37-21-19-35(20-22-37)44-29(2)47/h5-6,8-9,11-22,36,39,41,45H,3-4,7,10,23-27H2,1-2H3,(H,42,46)(H,43,48)(H,44,47)/t36-,39+,41+/m1/s1. The fraction of sp³-hybridized carbons (Fsp3) is 0.341. The highest BCUT2D eigenvalue weighted by molar-refractivity contribution is 7.99. The number of nitrogens with one attached hydrogen (secondary N) is 3. The van der Waals surface area contributed by atoms with E-state index in [9.17, 15) is 19.5 Å². The van der Waals surface area contributed by atoms with Crippen molar-refractivity contribution in [3.63, 3.8) is 0 Å². The molecule has 0 aromatic heterocycles. The van der Waals surface area contributed by atoms with Gasteiger partial charge >= 0.3 is 0 Å². The second-order valence-corrected chi connectivity index (χ2v) is 13.8. The van der Waals surface area contributed by atoms with Crippen LogP contribution in [0.2, 0.25) is 0 Å². The first-order valence-electron chi connectivity index (χ1n) is 17.5. The zero-order valence-electron chi connectivity index (χ0n) is 29.2. The van der Waals surface area contributed by atoms with Gasteiger partial charge < -0.3 is 30.5 Å². The Balaban J connectivity index is 1.23. The molecule has 10 heteroatoms. The van der Waals surface area contributed by atoms with Gasteiger partial charge in [0.15, 0.2) is 6.29 Å². The zero-order valence-corrected chi connectivity index (χ0v) is 30.0. The number of anilines is 1. The molecule has 1 aliphatic rings. The van der Waals surface area contributed by atoms with Crippen LogP contribution in [0.3, 0.4) is 0 Å². The lowest BCUT2D eigenvalue weighted by Crippen LogP contribution is -2.31. The third kappa shape index (κ3) is 11.8. The molecular formula is C41H47N3O6S. The van der Waals surface area contributed by atoms with Crippen molar-refractivity contribution in [2.45, 2.75) is 82.5 Å². The van der Waals surface area contributed by atoms with E-state index in [2.05, 4.69) is 34.1 Å². The monoisotopic (exact) mass is 709 g/mol. The highest BCUT2D eigenvalue weighted by atomic mass is 32.2. The van der Waals surface area contributed by atoms with Crippen LogP contribution in [0.25, 0.3) is 11.1 Å². The quantitative estimate of drug-likeness (QED) is 0.0703. The summed E-state index contributed by atoms with van der Waals surface area (Å²) < 4.78 is 13.1. The van der Waals surface area contributed by atoms with E-state index in [1.165, 1.54) is 13.8 Å². The highest BCUT2D eigenvalue weighted by Gasteiger charge is 2.32. The first kappa shape index (κ1) is 37.8. The molecule has 3 atom stereocenters. The van der Waals surface area contributed by atoms with Crippen LogP contribution in [0, 0.1) is 0 Å². The first-order valence-corrected chi connectivity index (χ1v) is 18.5. The second-order valence-electron chi connectivity index (χ2n) is 12.7. The SMILES string of the molecule is CC(=O)NCCCCCC(=O)NCc1ccccc1-c1ccc([C@H]2O[C@@H](CSc3ccc(NC(C)=O)cc3)C[C@@H](c3ccc(CO)cc3)O2)cc1. The molecule has 0 bridgehead atoms. The average molecular weight is 710 g/mol. The Morgan fingerprint density at radius 1 is 0.784 bits per heavy atom. The highest BCUT2D eigenvalue weighted by Crippen LogP contribution is 2.40. The smallest absolute Gasteiger partial charge is 0.221 e. The Hall–Kier alpha value is -4.48. The topological polar surface area (TPSA) is 126 Å². The predicted octanol–water partition coefficient (Wildman–Crippen LogP) is 7.45. The number of ether oxygens (including phenoxy) is 2. The summed E-state index contributed by atoms with van der Waals surface area (Å²) in [7, 11) is 0. The molecule has 1 saturated heterocycles. The number of unbranched alkanes of at least 4 members (excludes halogenated alkanes) is 2. The van der Waals surface area contributed by atoms with Crippen molar-refractivity contribution in [2.75, 3.05) is 17.6 Å². The zero-order chi connectivity index (χ0) is 36.0. The fourth-order valence-electron chi connectivity index (χ4n) is 5.96. The molecule has 0 spiro atoms. The molecule has 0 aliphatic carbocycles. The predicted molar refractivity (Wildman–Crippen MR) is 201 cm³/mol. The van der Waals surface area contributed by atoms with E-state index in [1.54, 1.807) is 11.8 Å². The van der Waals surface area contributed by atoms with Gasteiger partial charge in [0.1, 0.15) is 0 Å². The summed E-state index contributed by atoms with van der Waals surface area (Å²) in [5.41, 5.74) is 6.67. The first-order chi connectivity index (χ1) is 24.8. The van der Waals surface area contributed by atoms with Crippen molar-refractivity contribution in [3.05, 3.63) is 119 Å². The van der Waals surface area contributed by atoms with E-state index in [1.807, 2.05) is 78.9 Å². The Bertz CT molecular complexity index is 1730. The molecule has 1 heterocycles. The molecule has 1 aliphatic heterocycles. The second kappa shape index (κ2) is 19.2. The van der Waals surface area contributed by atoms with Gasteiger partial charge in [0, 0.05) is 61.7 Å². The number of hydrogen-bond acceptors (Lipinski definition) is 7. The molecule has 3 amide bonds. The van der Waals surface area contributed by atoms with E-state index in [4.69, 9.17) is 9.47 Å².